The van der Waals surface area contributed by atoms with Gasteiger partial charge in [0, 0.05) is 18.0 Å². The van der Waals surface area contributed by atoms with Crippen molar-refractivity contribution in [3.8, 4) is 0 Å². The first-order valence-electron chi connectivity index (χ1n) is 2.91. The molecule has 0 aliphatic heterocycles. The van der Waals surface area contributed by atoms with Gasteiger partial charge in [0.1, 0.15) is 6.29 Å². The number of nitrogens with two attached hydrogens (primary N) is 1. The highest BCUT2D eigenvalue weighted by atomic mass is 79.9. The van der Waals surface area contributed by atoms with Crippen molar-refractivity contribution < 1.29 is 4.79 Å². The van der Waals surface area contributed by atoms with Gasteiger partial charge in [0.15, 0.2) is 0 Å². The van der Waals surface area contributed by atoms with Crippen molar-refractivity contribution in [3.05, 3.63) is 18.0 Å². The summed E-state index contributed by atoms with van der Waals surface area (Å²) in [6.07, 6.45) is 3.78. The first kappa shape index (κ1) is 8.13. The minimum atomic E-state index is -0.344. The largest absolute Gasteiger partial charge is 0.368 e. The molecule has 1 unspecified atom stereocenters. The number of aldehydes is 1. The third-order valence-electron chi connectivity index (χ3n) is 1.13. The minimum absolute atomic E-state index is 0.208. The first-order chi connectivity index (χ1) is 5.24. The molecule has 58 valence electrons. The van der Waals surface area contributed by atoms with Crippen molar-refractivity contribution in [2.75, 3.05) is 5.73 Å². The third-order valence-corrected chi connectivity index (χ3v) is 1.87. The average molecular weight is 216 g/mol. The fourth-order valence-electron chi connectivity index (χ4n) is 0.569. The molecule has 0 aliphatic rings. The van der Waals surface area contributed by atoms with Crippen LogP contribution in [0.15, 0.2) is 12.4 Å². The topological polar surface area (TPSA) is 68.9 Å². The van der Waals surface area contributed by atoms with Gasteiger partial charge in [-0.15, -0.1) is 0 Å². The van der Waals surface area contributed by atoms with E-state index in [0.29, 0.717) is 5.56 Å². The fourth-order valence-corrected chi connectivity index (χ4v) is 0.805. The molecular formula is C6H6BrN3O. The molecule has 1 aromatic rings. The summed E-state index contributed by atoms with van der Waals surface area (Å²) in [4.78, 5) is 17.4. The molecule has 0 amide bonds. The van der Waals surface area contributed by atoms with E-state index in [0.717, 1.165) is 6.29 Å². The summed E-state index contributed by atoms with van der Waals surface area (Å²) in [5.74, 6) is 0.208. The number of alkyl halides is 1. The Bertz CT molecular complexity index is 249. The Morgan fingerprint density at radius 3 is 2.55 bits per heavy atom. The highest BCUT2D eigenvalue weighted by molar-refractivity contribution is 9.09. The molecule has 2 N–H and O–H groups in total. The molecule has 0 saturated carbocycles. The average Bonchev–Trinajstić information content (AvgIpc) is 2.05. The maximum Gasteiger partial charge on any atom is 0.219 e. The summed E-state index contributed by atoms with van der Waals surface area (Å²) in [5.41, 5.74) is 5.95. The summed E-state index contributed by atoms with van der Waals surface area (Å²) >= 11 is 3.12. The molecule has 0 aliphatic carbocycles. The number of hydrogen-bond acceptors (Lipinski definition) is 4. The van der Waals surface area contributed by atoms with Gasteiger partial charge in [0.25, 0.3) is 0 Å². The zero-order valence-corrected chi connectivity index (χ0v) is 7.15. The van der Waals surface area contributed by atoms with Crippen LogP contribution < -0.4 is 5.73 Å². The lowest BCUT2D eigenvalue weighted by atomic mass is 10.3. The molecule has 1 aromatic heterocycles. The van der Waals surface area contributed by atoms with Crippen LogP contribution in [0, 0.1) is 0 Å². The molecule has 0 fully saturated rings. The molecule has 11 heavy (non-hydrogen) atoms. The Hall–Kier alpha value is -0.970. The van der Waals surface area contributed by atoms with Crippen LogP contribution in [-0.2, 0) is 4.79 Å². The predicted octanol–water partition coefficient (Wildman–Crippen LogP) is 0.694. The summed E-state index contributed by atoms with van der Waals surface area (Å²) in [6, 6.07) is 0. The minimum Gasteiger partial charge on any atom is -0.368 e. The lowest BCUT2D eigenvalue weighted by Gasteiger charge is -1.99. The zero-order valence-electron chi connectivity index (χ0n) is 5.57. The Morgan fingerprint density at radius 2 is 2.09 bits per heavy atom. The maximum atomic E-state index is 10.3. The Balaban J connectivity index is 2.89. The molecule has 0 saturated heterocycles. The molecule has 1 heterocycles. The fraction of sp³-hybridized carbons (Fsp3) is 0.167. The second-order valence-corrected chi connectivity index (χ2v) is 2.90. The third kappa shape index (κ3) is 1.98. The van der Waals surface area contributed by atoms with E-state index in [1.807, 2.05) is 0 Å². The molecule has 4 nitrogen and oxygen atoms in total. The van der Waals surface area contributed by atoms with Crippen LogP contribution in [0.4, 0.5) is 5.95 Å². The summed E-state index contributed by atoms with van der Waals surface area (Å²) in [6.45, 7) is 0. The number of nitrogen functional groups attached to an aromatic ring is 1. The number of halogens is 1. The number of nitrogens with zero attached hydrogens (tertiary/aromatic N) is 2. The molecule has 1 atom stereocenters. The molecular weight excluding hydrogens is 210 g/mol. The monoisotopic (exact) mass is 215 g/mol. The van der Waals surface area contributed by atoms with Crippen molar-refractivity contribution >= 4 is 28.2 Å². The maximum absolute atomic E-state index is 10.3. The Kier molecular flexibility index (Phi) is 2.53. The number of carbonyl (C=O) groups excluding carboxylic acids is 1. The van der Waals surface area contributed by atoms with Gasteiger partial charge >= 0.3 is 0 Å². The van der Waals surface area contributed by atoms with Gasteiger partial charge < -0.3 is 10.5 Å². The first-order valence-corrected chi connectivity index (χ1v) is 3.82. The predicted molar refractivity (Wildman–Crippen MR) is 44.2 cm³/mol. The van der Waals surface area contributed by atoms with Gasteiger partial charge in [-0.25, -0.2) is 9.97 Å². The highest BCUT2D eigenvalue weighted by Gasteiger charge is 2.05. The van der Waals surface area contributed by atoms with Crippen LogP contribution in [0.3, 0.4) is 0 Å². The normalized spacial score (nSPS) is 12.5. The van der Waals surface area contributed by atoms with Crippen molar-refractivity contribution in [3.63, 3.8) is 0 Å². The number of aromatic nitrogens is 2. The number of anilines is 1. The van der Waals surface area contributed by atoms with Crippen molar-refractivity contribution in [2.24, 2.45) is 0 Å². The van der Waals surface area contributed by atoms with E-state index in [1.165, 1.54) is 12.4 Å². The van der Waals surface area contributed by atoms with Crippen LogP contribution in [0.1, 0.15) is 10.4 Å². The lowest BCUT2D eigenvalue weighted by Crippen LogP contribution is -1.97. The van der Waals surface area contributed by atoms with Gasteiger partial charge in [-0.05, 0) is 0 Å². The van der Waals surface area contributed by atoms with Crippen molar-refractivity contribution in [1.29, 1.82) is 0 Å². The Labute approximate surface area is 72.0 Å². The SMILES string of the molecule is Nc1ncc(C(Br)C=O)cn1. The van der Waals surface area contributed by atoms with Crippen LogP contribution >= 0.6 is 15.9 Å². The molecule has 5 heteroatoms. The van der Waals surface area contributed by atoms with Gasteiger partial charge in [0.2, 0.25) is 5.95 Å². The molecule has 0 spiro atoms. The molecule has 0 radical (unpaired) electrons. The van der Waals surface area contributed by atoms with E-state index < -0.39 is 0 Å². The van der Waals surface area contributed by atoms with E-state index in [9.17, 15) is 4.79 Å². The molecule has 0 aromatic carbocycles. The van der Waals surface area contributed by atoms with Gasteiger partial charge in [0.05, 0.1) is 4.83 Å². The lowest BCUT2D eigenvalue weighted by molar-refractivity contribution is -0.107. The van der Waals surface area contributed by atoms with Crippen molar-refractivity contribution in [1.82, 2.24) is 9.97 Å². The van der Waals surface area contributed by atoms with Gasteiger partial charge in [-0.3, -0.25) is 0 Å². The van der Waals surface area contributed by atoms with Crippen LogP contribution in [0.25, 0.3) is 0 Å². The van der Waals surface area contributed by atoms with E-state index in [4.69, 9.17) is 5.73 Å². The number of rotatable bonds is 2. The smallest absolute Gasteiger partial charge is 0.219 e. The summed E-state index contributed by atoms with van der Waals surface area (Å²) < 4.78 is 0. The number of carbonyl (C=O) groups is 1. The quantitative estimate of drug-likeness (QED) is 0.583. The number of hydrogen-bond donors (Lipinski definition) is 1. The molecule has 0 bridgehead atoms. The summed E-state index contributed by atoms with van der Waals surface area (Å²) in [7, 11) is 0. The zero-order chi connectivity index (χ0) is 8.27. The second-order valence-electron chi connectivity index (χ2n) is 1.91. The van der Waals surface area contributed by atoms with E-state index in [1.54, 1.807) is 0 Å². The standard InChI is InChI=1S/C6H6BrN3O/c7-5(3-11)4-1-9-6(8)10-2-4/h1-3,5H,(H2,8,9,10). The molecule has 1 rings (SSSR count). The van der Waals surface area contributed by atoms with E-state index in [-0.39, 0.29) is 10.8 Å². The van der Waals surface area contributed by atoms with E-state index >= 15 is 0 Å². The highest BCUT2D eigenvalue weighted by Crippen LogP contribution is 2.17. The van der Waals surface area contributed by atoms with E-state index in [2.05, 4.69) is 25.9 Å². The summed E-state index contributed by atoms with van der Waals surface area (Å²) in [5, 5.41) is 0. The van der Waals surface area contributed by atoms with Gasteiger partial charge in [-0.1, -0.05) is 15.9 Å². The second kappa shape index (κ2) is 3.43. The van der Waals surface area contributed by atoms with Crippen molar-refractivity contribution in [2.45, 2.75) is 4.83 Å². The van der Waals surface area contributed by atoms with Gasteiger partial charge in [-0.2, -0.15) is 0 Å². The van der Waals surface area contributed by atoms with Crippen LogP contribution in [0.2, 0.25) is 0 Å². The van der Waals surface area contributed by atoms with Crippen LogP contribution in [0.5, 0.6) is 0 Å². The Morgan fingerprint density at radius 1 is 1.55 bits per heavy atom. The van der Waals surface area contributed by atoms with Crippen LogP contribution in [-0.4, -0.2) is 16.3 Å².